The zero-order valence-electron chi connectivity index (χ0n) is 14.9. The van der Waals surface area contributed by atoms with Crippen LogP contribution in [0.3, 0.4) is 0 Å². The van der Waals surface area contributed by atoms with Crippen LogP contribution in [0.2, 0.25) is 5.02 Å². The van der Waals surface area contributed by atoms with Gasteiger partial charge in [-0.15, -0.1) is 0 Å². The first-order valence-electron chi connectivity index (χ1n) is 8.96. The molecular formula is C19H28ClN3O2. The summed E-state index contributed by atoms with van der Waals surface area (Å²) >= 11 is 5.86. The van der Waals surface area contributed by atoms with Gasteiger partial charge in [-0.2, -0.15) is 5.10 Å². The van der Waals surface area contributed by atoms with Crippen molar-refractivity contribution in [3.05, 3.63) is 34.9 Å². The minimum Gasteiger partial charge on any atom is -0.347 e. The second-order valence-electron chi connectivity index (χ2n) is 6.00. The van der Waals surface area contributed by atoms with Crippen LogP contribution in [-0.4, -0.2) is 24.6 Å². The largest absolute Gasteiger partial charge is 0.347 e. The van der Waals surface area contributed by atoms with Crippen LogP contribution in [0.4, 0.5) is 0 Å². The Morgan fingerprint density at radius 1 is 1.08 bits per heavy atom. The number of nitrogens with one attached hydrogen (secondary N) is 2. The summed E-state index contributed by atoms with van der Waals surface area (Å²) in [5.41, 5.74) is 3.16. The van der Waals surface area contributed by atoms with Gasteiger partial charge in [0.1, 0.15) is 0 Å². The molecule has 0 aliphatic rings. The molecule has 0 aliphatic carbocycles. The summed E-state index contributed by atoms with van der Waals surface area (Å²) in [4.78, 5) is 23.3. The predicted octanol–water partition coefficient (Wildman–Crippen LogP) is 4.05. The lowest BCUT2D eigenvalue weighted by Crippen LogP contribution is -2.34. The van der Waals surface area contributed by atoms with Crippen LogP contribution in [0.25, 0.3) is 0 Å². The van der Waals surface area contributed by atoms with Crippen molar-refractivity contribution in [2.75, 3.05) is 6.54 Å². The molecule has 0 heterocycles. The number of hydrogen-bond acceptors (Lipinski definition) is 3. The number of amides is 2. The SMILES string of the molecule is CCCCCCCCCC(=O)NCC(=O)N/N=C\c1cccc(Cl)c1. The molecule has 0 saturated heterocycles. The van der Waals surface area contributed by atoms with Gasteiger partial charge in [0.15, 0.2) is 0 Å². The molecule has 0 atom stereocenters. The third kappa shape index (κ3) is 11.3. The van der Waals surface area contributed by atoms with Crippen molar-refractivity contribution in [2.24, 2.45) is 5.10 Å². The van der Waals surface area contributed by atoms with E-state index in [9.17, 15) is 9.59 Å². The molecule has 0 aromatic heterocycles. The number of rotatable bonds is 12. The van der Waals surface area contributed by atoms with Gasteiger partial charge in [-0.25, -0.2) is 5.43 Å². The Morgan fingerprint density at radius 3 is 2.52 bits per heavy atom. The summed E-state index contributed by atoms with van der Waals surface area (Å²) in [7, 11) is 0. The maximum Gasteiger partial charge on any atom is 0.259 e. The van der Waals surface area contributed by atoms with E-state index >= 15 is 0 Å². The number of halogens is 1. The summed E-state index contributed by atoms with van der Waals surface area (Å²) < 4.78 is 0. The van der Waals surface area contributed by atoms with Crippen LogP contribution in [-0.2, 0) is 9.59 Å². The van der Waals surface area contributed by atoms with Crippen LogP contribution in [0.5, 0.6) is 0 Å². The number of benzene rings is 1. The fourth-order valence-corrected chi connectivity index (χ4v) is 2.51. The van der Waals surface area contributed by atoms with Crippen LogP contribution in [0.15, 0.2) is 29.4 Å². The molecule has 1 aromatic carbocycles. The van der Waals surface area contributed by atoms with E-state index in [0.717, 1.165) is 18.4 Å². The average Bonchev–Trinajstić information content (AvgIpc) is 2.59. The van der Waals surface area contributed by atoms with Crippen LogP contribution in [0, 0.1) is 0 Å². The van der Waals surface area contributed by atoms with Gasteiger partial charge in [-0.1, -0.05) is 69.2 Å². The number of unbranched alkanes of at least 4 members (excludes halogenated alkanes) is 6. The van der Waals surface area contributed by atoms with Crippen molar-refractivity contribution < 1.29 is 9.59 Å². The highest BCUT2D eigenvalue weighted by Gasteiger charge is 2.04. The van der Waals surface area contributed by atoms with Crippen LogP contribution < -0.4 is 10.7 Å². The highest BCUT2D eigenvalue weighted by Crippen LogP contribution is 2.09. The summed E-state index contributed by atoms with van der Waals surface area (Å²) in [6.45, 7) is 2.13. The third-order valence-electron chi connectivity index (χ3n) is 3.71. The average molecular weight is 366 g/mol. The topological polar surface area (TPSA) is 70.6 Å². The van der Waals surface area contributed by atoms with Crippen molar-refractivity contribution >= 4 is 29.6 Å². The number of carbonyl (C=O) groups excluding carboxylic acids is 2. The molecule has 0 fully saturated rings. The van der Waals surface area contributed by atoms with Gasteiger partial charge >= 0.3 is 0 Å². The highest BCUT2D eigenvalue weighted by molar-refractivity contribution is 6.30. The predicted molar refractivity (Wildman–Crippen MR) is 103 cm³/mol. The molecule has 2 N–H and O–H groups in total. The van der Waals surface area contributed by atoms with Gasteiger partial charge < -0.3 is 5.32 Å². The minimum atomic E-state index is -0.355. The smallest absolute Gasteiger partial charge is 0.259 e. The fourth-order valence-electron chi connectivity index (χ4n) is 2.32. The molecule has 0 spiro atoms. The molecule has 5 nitrogen and oxygen atoms in total. The van der Waals surface area contributed by atoms with E-state index < -0.39 is 0 Å². The molecule has 0 saturated carbocycles. The fraction of sp³-hybridized carbons (Fsp3) is 0.526. The van der Waals surface area contributed by atoms with Crippen molar-refractivity contribution in [2.45, 2.75) is 58.3 Å². The van der Waals surface area contributed by atoms with Crippen molar-refractivity contribution in [1.82, 2.24) is 10.7 Å². The number of carbonyl (C=O) groups is 2. The molecule has 0 unspecified atom stereocenters. The van der Waals surface area contributed by atoms with Gasteiger partial charge in [0.25, 0.3) is 5.91 Å². The summed E-state index contributed by atoms with van der Waals surface area (Å²) in [6, 6.07) is 7.13. The van der Waals surface area contributed by atoms with Crippen molar-refractivity contribution in [3.8, 4) is 0 Å². The van der Waals surface area contributed by atoms with E-state index in [1.807, 2.05) is 6.07 Å². The first kappa shape index (κ1) is 21.2. The first-order valence-corrected chi connectivity index (χ1v) is 9.33. The Labute approximate surface area is 155 Å². The van der Waals surface area contributed by atoms with E-state index in [1.165, 1.54) is 38.3 Å². The lowest BCUT2D eigenvalue weighted by Gasteiger charge is -2.04. The van der Waals surface area contributed by atoms with Gasteiger partial charge in [0.2, 0.25) is 5.91 Å². The Kier molecular flexibility index (Phi) is 11.4. The van der Waals surface area contributed by atoms with Crippen LogP contribution in [0.1, 0.15) is 63.9 Å². The monoisotopic (exact) mass is 365 g/mol. The maximum atomic E-state index is 11.7. The summed E-state index contributed by atoms with van der Waals surface area (Å²) in [5, 5.41) is 7.05. The molecule has 0 bridgehead atoms. The molecule has 1 rings (SSSR count). The van der Waals surface area contributed by atoms with E-state index in [1.54, 1.807) is 18.2 Å². The normalized spacial score (nSPS) is 10.8. The standard InChI is InChI=1S/C19H28ClN3O2/c1-2-3-4-5-6-7-8-12-18(24)21-15-19(25)23-22-14-16-10-9-11-17(20)13-16/h9-11,13-14H,2-8,12,15H2,1H3,(H,21,24)(H,23,25)/b22-14-. The third-order valence-corrected chi connectivity index (χ3v) is 3.94. The van der Waals surface area contributed by atoms with Crippen LogP contribution >= 0.6 is 11.6 Å². The zero-order chi connectivity index (χ0) is 18.3. The van der Waals surface area contributed by atoms with E-state index in [0.29, 0.717) is 11.4 Å². The second kappa shape index (κ2) is 13.4. The Balaban J connectivity index is 2.08. The van der Waals surface area contributed by atoms with Gasteiger partial charge in [0.05, 0.1) is 12.8 Å². The molecule has 25 heavy (non-hydrogen) atoms. The number of hydrazone groups is 1. The number of nitrogens with zero attached hydrogens (tertiary/aromatic N) is 1. The minimum absolute atomic E-state index is 0.0672. The summed E-state index contributed by atoms with van der Waals surface area (Å²) in [6.07, 6.45) is 10.1. The second-order valence-corrected chi connectivity index (χ2v) is 6.43. The molecule has 1 aromatic rings. The Morgan fingerprint density at radius 2 is 1.80 bits per heavy atom. The molecule has 138 valence electrons. The van der Waals surface area contributed by atoms with Gasteiger partial charge in [0, 0.05) is 11.4 Å². The van der Waals surface area contributed by atoms with Gasteiger partial charge in [-0.3, -0.25) is 9.59 Å². The molecule has 6 heteroatoms. The quantitative estimate of drug-likeness (QED) is 0.333. The maximum absolute atomic E-state index is 11.7. The first-order chi connectivity index (χ1) is 12.1. The van der Waals surface area contributed by atoms with E-state index in [-0.39, 0.29) is 18.4 Å². The van der Waals surface area contributed by atoms with Crippen molar-refractivity contribution in [1.29, 1.82) is 0 Å². The molecule has 2 amide bonds. The zero-order valence-corrected chi connectivity index (χ0v) is 15.6. The van der Waals surface area contributed by atoms with E-state index in [2.05, 4.69) is 22.8 Å². The molecule has 0 radical (unpaired) electrons. The lowest BCUT2D eigenvalue weighted by atomic mass is 10.1. The van der Waals surface area contributed by atoms with E-state index in [4.69, 9.17) is 11.6 Å². The lowest BCUT2D eigenvalue weighted by molar-refractivity contribution is -0.126. The molecular weight excluding hydrogens is 338 g/mol. The number of hydrogen-bond donors (Lipinski definition) is 2. The van der Waals surface area contributed by atoms with Gasteiger partial charge in [-0.05, 0) is 24.1 Å². The Bertz CT molecular complexity index is 561. The highest BCUT2D eigenvalue weighted by atomic mass is 35.5. The molecule has 0 aliphatic heterocycles. The van der Waals surface area contributed by atoms with Crippen molar-refractivity contribution in [3.63, 3.8) is 0 Å². The summed E-state index contributed by atoms with van der Waals surface area (Å²) in [5.74, 6) is -0.450. The Hall–Kier alpha value is -1.88.